The van der Waals surface area contributed by atoms with E-state index in [2.05, 4.69) is 10.6 Å². The fourth-order valence-electron chi connectivity index (χ4n) is 3.90. The van der Waals surface area contributed by atoms with Crippen LogP contribution in [0.25, 0.3) is 22.3 Å². The molecule has 2 aromatic heterocycles. The number of ether oxygens (including phenoxy) is 2. The van der Waals surface area contributed by atoms with E-state index in [9.17, 15) is 4.79 Å². The van der Waals surface area contributed by atoms with Gasteiger partial charge in [-0.05, 0) is 43.3 Å². The first-order valence-electron chi connectivity index (χ1n) is 10.1. The van der Waals surface area contributed by atoms with Gasteiger partial charge in [0.2, 0.25) is 0 Å². The Morgan fingerprint density at radius 3 is 2.77 bits per heavy atom. The van der Waals surface area contributed by atoms with Crippen LogP contribution in [0.1, 0.15) is 28.4 Å². The average molecular weight is 409 g/mol. The Morgan fingerprint density at radius 1 is 1.30 bits per heavy atom. The Bertz CT molecular complexity index is 1040. The maximum atomic E-state index is 13.1. The van der Waals surface area contributed by atoms with Gasteiger partial charge in [0.25, 0.3) is 5.91 Å². The number of pyridine rings is 1. The van der Waals surface area contributed by atoms with Crippen LogP contribution in [0.4, 0.5) is 0 Å². The Balaban J connectivity index is 1.84. The number of amides is 1. The van der Waals surface area contributed by atoms with Crippen LogP contribution < -0.4 is 15.4 Å². The van der Waals surface area contributed by atoms with Crippen molar-refractivity contribution in [3.05, 3.63) is 41.6 Å². The summed E-state index contributed by atoms with van der Waals surface area (Å²) in [6.07, 6.45) is 0.997. The van der Waals surface area contributed by atoms with Gasteiger partial charge in [-0.1, -0.05) is 0 Å². The van der Waals surface area contributed by atoms with Crippen LogP contribution in [-0.4, -0.2) is 61.1 Å². The number of carbonyl (C=O) groups excluding carboxylic acids is 1. The minimum atomic E-state index is -0.144. The van der Waals surface area contributed by atoms with E-state index in [1.165, 1.54) is 0 Å². The predicted octanol–water partition coefficient (Wildman–Crippen LogP) is 2.10. The van der Waals surface area contributed by atoms with Crippen molar-refractivity contribution in [2.45, 2.75) is 12.3 Å². The van der Waals surface area contributed by atoms with Crippen molar-refractivity contribution in [1.29, 1.82) is 0 Å². The van der Waals surface area contributed by atoms with Crippen LogP contribution in [0.15, 0.2) is 30.3 Å². The number of hydrogen-bond acceptors (Lipinski definition) is 6. The molecule has 4 rings (SSSR count). The SMILES string of the molecule is COCCNC(=O)c1cc(-c2ccc(OC)cc2)nc2c1c(C1CCNC1)nn2C. The number of methoxy groups -OCH3 is 2. The number of rotatable bonds is 7. The second-order valence-corrected chi connectivity index (χ2v) is 7.43. The maximum absolute atomic E-state index is 13.1. The summed E-state index contributed by atoms with van der Waals surface area (Å²) in [7, 11) is 5.13. The van der Waals surface area contributed by atoms with Gasteiger partial charge in [-0.25, -0.2) is 4.98 Å². The van der Waals surface area contributed by atoms with Crippen LogP contribution in [0.5, 0.6) is 5.75 Å². The Labute approximate surface area is 175 Å². The molecule has 1 fully saturated rings. The maximum Gasteiger partial charge on any atom is 0.252 e. The van der Waals surface area contributed by atoms with Crippen molar-refractivity contribution in [3.63, 3.8) is 0 Å². The molecule has 1 amide bonds. The molecule has 1 aliphatic rings. The molecule has 0 bridgehead atoms. The number of hydrogen-bond donors (Lipinski definition) is 2. The van der Waals surface area contributed by atoms with E-state index in [0.717, 1.165) is 47.6 Å². The standard InChI is InChI=1S/C22H27N5O3/c1-27-21-19(20(26-27)15-8-9-23-13-15)17(22(28)24-10-11-29-2)12-18(25-21)14-4-6-16(30-3)7-5-14/h4-7,12,15,23H,8-11,13H2,1-3H3,(H,24,28). The molecule has 3 aromatic rings. The molecule has 0 aliphatic carbocycles. The highest BCUT2D eigenvalue weighted by atomic mass is 16.5. The highest BCUT2D eigenvalue weighted by molar-refractivity contribution is 6.07. The highest BCUT2D eigenvalue weighted by Gasteiger charge is 2.27. The van der Waals surface area contributed by atoms with E-state index < -0.39 is 0 Å². The molecular formula is C22H27N5O3. The molecule has 8 heteroatoms. The van der Waals surface area contributed by atoms with Gasteiger partial charge < -0.3 is 20.1 Å². The normalized spacial score (nSPS) is 16.2. The Kier molecular flexibility index (Phi) is 5.96. The minimum absolute atomic E-state index is 0.144. The second kappa shape index (κ2) is 8.81. The quantitative estimate of drug-likeness (QED) is 0.581. The molecule has 30 heavy (non-hydrogen) atoms. The van der Waals surface area contributed by atoms with Crippen molar-refractivity contribution in [3.8, 4) is 17.0 Å². The zero-order valence-electron chi connectivity index (χ0n) is 17.6. The van der Waals surface area contributed by atoms with Crippen molar-refractivity contribution in [2.24, 2.45) is 7.05 Å². The molecule has 3 heterocycles. The molecule has 158 valence electrons. The molecule has 1 atom stereocenters. The third kappa shape index (κ3) is 3.88. The lowest BCUT2D eigenvalue weighted by Crippen LogP contribution is -2.27. The predicted molar refractivity (Wildman–Crippen MR) is 115 cm³/mol. The Hall–Kier alpha value is -2.97. The molecule has 8 nitrogen and oxygen atoms in total. The topological polar surface area (TPSA) is 90.3 Å². The third-order valence-electron chi connectivity index (χ3n) is 5.49. The van der Waals surface area contributed by atoms with E-state index >= 15 is 0 Å². The summed E-state index contributed by atoms with van der Waals surface area (Å²) >= 11 is 0. The van der Waals surface area contributed by atoms with Gasteiger partial charge in [-0.15, -0.1) is 0 Å². The molecule has 1 unspecified atom stereocenters. The van der Waals surface area contributed by atoms with Gasteiger partial charge in [0.15, 0.2) is 5.65 Å². The first kappa shape index (κ1) is 20.3. The summed E-state index contributed by atoms with van der Waals surface area (Å²) in [6, 6.07) is 9.52. The summed E-state index contributed by atoms with van der Waals surface area (Å²) in [5.41, 5.74) is 3.87. The number of aryl methyl sites for hydroxylation is 1. The van der Waals surface area contributed by atoms with Crippen molar-refractivity contribution < 1.29 is 14.3 Å². The second-order valence-electron chi connectivity index (χ2n) is 7.43. The van der Waals surface area contributed by atoms with Gasteiger partial charge in [-0.2, -0.15) is 5.10 Å². The van der Waals surface area contributed by atoms with Gasteiger partial charge in [0.05, 0.1) is 36.1 Å². The van der Waals surface area contributed by atoms with E-state index in [-0.39, 0.29) is 11.8 Å². The molecule has 1 saturated heterocycles. The van der Waals surface area contributed by atoms with Crippen LogP contribution >= 0.6 is 0 Å². The highest BCUT2D eigenvalue weighted by Crippen LogP contribution is 2.33. The van der Waals surface area contributed by atoms with Gasteiger partial charge in [-0.3, -0.25) is 9.48 Å². The third-order valence-corrected chi connectivity index (χ3v) is 5.49. The summed E-state index contributed by atoms with van der Waals surface area (Å²) in [4.78, 5) is 18.0. The van der Waals surface area contributed by atoms with Crippen molar-refractivity contribution in [1.82, 2.24) is 25.4 Å². The fourth-order valence-corrected chi connectivity index (χ4v) is 3.90. The van der Waals surface area contributed by atoms with Crippen molar-refractivity contribution >= 4 is 16.9 Å². The molecule has 1 aliphatic heterocycles. The summed E-state index contributed by atoms with van der Waals surface area (Å²) in [5, 5.41) is 11.9. The van der Waals surface area contributed by atoms with Crippen LogP contribution in [0, 0.1) is 0 Å². The molecule has 1 aromatic carbocycles. The van der Waals surface area contributed by atoms with Crippen molar-refractivity contribution in [2.75, 3.05) is 40.5 Å². The number of benzene rings is 1. The van der Waals surface area contributed by atoms with E-state index in [1.807, 2.05) is 37.4 Å². The summed E-state index contributed by atoms with van der Waals surface area (Å²) < 4.78 is 12.1. The van der Waals surface area contributed by atoms with E-state index in [0.29, 0.717) is 24.4 Å². The zero-order chi connectivity index (χ0) is 21.1. The fraction of sp³-hybridized carbons (Fsp3) is 0.409. The number of nitrogens with zero attached hydrogens (tertiary/aromatic N) is 3. The average Bonchev–Trinajstić information content (AvgIpc) is 3.41. The van der Waals surface area contributed by atoms with E-state index in [4.69, 9.17) is 19.6 Å². The van der Waals surface area contributed by atoms with Gasteiger partial charge in [0.1, 0.15) is 5.75 Å². The lowest BCUT2D eigenvalue weighted by Gasteiger charge is -2.11. The minimum Gasteiger partial charge on any atom is -0.497 e. The Morgan fingerprint density at radius 2 is 2.10 bits per heavy atom. The summed E-state index contributed by atoms with van der Waals surface area (Å²) in [5.74, 6) is 0.899. The lowest BCUT2D eigenvalue weighted by molar-refractivity contribution is 0.0938. The zero-order valence-corrected chi connectivity index (χ0v) is 17.6. The first-order valence-corrected chi connectivity index (χ1v) is 10.1. The number of nitrogens with one attached hydrogen (secondary N) is 2. The number of fused-ring (bicyclic) bond motifs is 1. The van der Waals surface area contributed by atoms with Crippen LogP contribution in [0.2, 0.25) is 0 Å². The monoisotopic (exact) mass is 409 g/mol. The number of carbonyl (C=O) groups is 1. The first-order chi connectivity index (χ1) is 14.6. The molecular weight excluding hydrogens is 382 g/mol. The van der Waals surface area contributed by atoms with E-state index in [1.54, 1.807) is 18.9 Å². The van der Waals surface area contributed by atoms with Gasteiger partial charge in [0, 0.05) is 38.7 Å². The molecule has 0 radical (unpaired) electrons. The molecule has 0 spiro atoms. The van der Waals surface area contributed by atoms with Crippen LogP contribution in [0.3, 0.4) is 0 Å². The van der Waals surface area contributed by atoms with Crippen LogP contribution in [-0.2, 0) is 11.8 Å². The van der Waals surface area contributed by atoms with Gasteiger partial charge >= 0.3 is 0 Å². The molecule has 0 saturated carbocycles. The number of aromatic nitrogens is 3. The smallest absolute Gasteiger partial charge is 0.252 e. The molecule has 2 N–H and O–H groups in total. The summed E-state index contributed by atoms with van der Waals surface area (Å²) in [6.45, 7) is 2.71. The lowest BCUT2D eigenvalue weighted by atomic mass is 9.98. The largest absolute Gasteiger partial charge is 0.497 e.